The van der Waals surface area contributed by atoms with Crippen LogP contribution in [-0.4, -0.2) is 21.0 Å². The number of benzene rings is 1. The van der Waals surface area contributed by atoms with Crippen LogP contribution in [-0.2, 0) is 6.18 Å². The van der Waals surface area contributed by atoms with Crippen LogP contribution >= 0.6 is 0 Å². The quantitative estimate of drug-likeness (QED) is 0.906. The minimum Gasteiger partial charge on any atom is -0.476 e. The number of carboxylic acid groups (broad SMARTS) is 1. The summed E-state index contributed by atoms with van der Waals surface area (Å²) in [4.78, 5) is 18.9. The predicted octanol–water partition coefficient (Wildman–Crippen LogP) is 3.55. The Morgan fingerprint density at radius 3 is 2.50 bits per heavy atom. The number of alkyl halides is 3. The Balaban J connectivity index is 2.42. The Kier molecular flexibility index (Phi) is 4.03. The highest BCUT2D eigenvalue weighted by Crippen LogP contribution is 2.31. The Morgan fingerprint density at radius 1 is 1.23 bits per heavy atom. The van der Waals surface area contributed by atoms with Crippen LogP contribution in [0.15, 0.2) is 24.3 Å². The maximum Gasteiger partial charge on any atom is 0.416 e. The van der Waals surface area contributed by atoms with Crippen LogP contribution in [0.1, 0.15) is 27.4 Å². The van der Waals surface area contributed by atoms with Crippen molar-refractivity contribution in [3.63, 3.8) is 0 Å². The van der Waals surface area contributed by atoms with Crippen molar-refractivity contribution >= 4 is 17.5 Å². The lowest BCUT2D eigenvalue weighted by Crippen LogP contribution is -2.10. The minimum absolute atomic E-state index is 0.157. The highest BCUT2D eigenvalue weighted by atomic mass is 19.4. The first-order chi connectivity index (χ1) is 10.2. The van der Waals surface area contributed by atoms with Crippen molar-refractivity contribution in [2.45, 2.75) is 20.0 Å². The predicted molar refractivity (Wildman–Crippen MR) is 73.2 cm³/mol. The van der Waals surface area contributed by atoms with Gasteiger partial charge in [-0.2, -0.15) is 13.2 Å². The fourth-order valence-electron chi connectivity index (χ4n) is 1.87. The average molecular weight is 311 g/mol. The number of carboxylic acids is 1. The molecule has 0 atom stereocenters. The average Bonchev–Trinajstić information content (AvgIpc) is 2.41. The molecule has 1 aromatic carbocycles. The molecule has 0 unspecified atom stereocenters. The van der Waals surface area contributed by atoms with Gasteiger partial charge in [-0.15, -0.1) is 0 Å². The fraction of sp³-hybridized carbons (Fsp3) is 0.214. The lowest BCUT2D eigenvalue weighted by Gasteiger charge is -2.13. The molecule has 0 fully saturated rings. The van der Waals surface area contributed by atoms with E-state index in [9.17, 15) is 18.0 Å². The summed E-state index contributed by atoms with van der Waals surface area (Å²) in [5.41, 5.74) is -0.593. The van der Waals surface area contributed by atoms with Crippen molar-refractivity contribution in [3.8, 4) is 0 Å². The third kappa shape index (κ3) is 3.33. The van der Waals surface area contributed by atoms with Gasteiger partial charge in [0.25, 0.3) is 0 Å². The summed E-state index contributed by atoms with van der Waals surface area (Å²) in [7, 11) is 0. The summed E-state index contributed by atoms with van der Waals surface area (Å²) < 4.78 is 38.1. The van der Waals surface area contributed by atoms with Crippen LogP contribution in [0.2, 0.25) is 0 Å². The van der Waals surface area contributed by atoms with Crippen LogP contribution in [0, 0.1) is 13.8 Å². The summed E-state index contributed by atoms with van der Waals surface area (Å²) in [5, 5.41) is 11.8. The summed E-state index contributed by atoms with van der Waals surface area (Å²) in [6.45, 7) is 2.99. The topological polar surface area (TPSA) is 75.1 Å². The molecule has 0 aliphatic heterocycles. The first kappa shape index (κ1) is 15.7. The van der Waals surface area contributed by atoms with Crippen LogP contribution < -0.4 is 5.32 Å². The van der Waals surface area contributed by atoms with Crippen LogP contribution in [0.4, 0.5) is 24.7 Å². The lowest BCUT2D eigenvalue weighted by atomic mass is 10.2. The molecule has 5 nitrogen and oxygen atoms in total. The van der Waals surface area contributed by atoms with Gasteiger partial charge in [-0.3, -0.25) is 0 Å². The monoisotopic (exact) mass is 311 g/mol. The maximum absolute atomic E-state index is 12.7. The molecule has 2 rings (SSSR count). The second-order valence-electron chi connectivity index (χ2n) is 4.60. The second kappa shape index (κ2) is 5.63. The Labute approximate surface area is 123 Å². The van der Waals surface area contributed by atoms with Gasteiger partial charge in [-0.05, 0) is 32.0 Å². The highest BCUT2D eigenvalue weighted by Gasteiger charge is 2.30. The van der Waals surface area contributed by atoms with E-state index in [-0.39, 0.29) is 28.6 Å². The van der Waals surface area contributed by atoms with Gasteiger partial charge in [0.05, 0.1) is 5.56 Å². The smallest absolute Gasteiger partial charge is 0.416 e. The number of carbonyl (C=O) groups is 1. The third-order valence-corrected chi connectivity index (χ3v) is 2.91. The van der Waals surface area contributed by atoms with Crippen LogP contribution in [0.25, 0.3) is 0 Å². The van der Waals surface area contributed by atoms with E-state index in [0.29, 0.717) is 0 Å². The normalized spacial score (nSPS) is 11.3. The largest absolute Gasteiger partial charge is 0.476 e. The van der Waals surface area contributed by atoms with E-state index in [1.807, 2.05) is 0 Å². The van der Waals surface area contributed by atoms with Crippen molar-refractivity contribution < 1.29 is 23.1 Å². The lowest BCUT2D eigenvalue weighted by molar-refractivity contribution is -0.137. The zero-order valence-electron chi connectivity index (χ0n) is 11.7. The molecule has 0 saturated heterocycles. The van der Waals surface area contributed by atoms with Gasteiger partial charge in [0.15, 0.2) is 5.69 Å². The van der Waals surface area contributed by atoms with E-state index < -0.39 is 17.7 Å². The van der Waals surface area contributed by atoms with Crippen LogP contribution in [0.3, 0.4) is 0 Å². The zero-order valence-corrected chi connectivity index (χ0v) is 11.7. The standard InChI is InChI=1S/C14H12F3N3O2/c1-7-11(13(21)22)18-8(2)19-12(7)20-10-5-3-4-9(6-10)14(15,16)17/h3-6H,1-2H3,(H,21,22)(H,18,19,20). The SMILES string of the molecule is Cc1nc(Nc2cccc(C(F)(F)F)c2)c(C)c(C(=O)O)n1. The van der Waals surface area contributed by atoms with Crippen molar-refractivity contribution in [1.82, 2.24) is 9.97 Å². The van der Waals surface area contributed by atoms with Gasteiger partial charge in [0.2, 0.25) is 0 Å². The van der Waals surface area contributed by atoms with E-state index >= 15 is 0 Å². The number of hydrogen-bond donors (Lipinski definition) is 2. The van der Waals surface area contributed by atoms with Gasteiger partial charge in [0.1, 0.15) is 11.6 Å². The first-order valence-corrected chi connectivity index (χ1v) is 6.21. The van der Waals surface area contributed by atoms with Crippen molar-refractivity contribution in [2.24, 2.45) is 0 Å². The molecule has 0 bridgehead atoms. The number of rotatable bonds is 3. The summed E-state index contributed by atoms with van der Waals surface area (Å²) >= 11 is 0. The molecule has 1 aromatic heterocycles. The Bertz CT molecular complexity index is 730. The van der Waals surface area contributed by atoms with E-state index in [1.54, 1.807) is 0 Å². The number of anilines is 2. The number of nitrogens with zero attached hydrogens (tertiary/aromatic N) is 2. The molecule has 1 heterocycles. The number of halogens is 3. The molecule has 0 aliphatic rings. The summed E-state index contributed by atoms with van der Waals surface area (Å²) in [6, 6.07) is 4.57. The number of aromatic nitrogens is 2. The molecule has 0 amide bonds. The second-order valence-corrected chi connectivity index (χ2v) is 4.60. The van der Waals surface area contributed by atoms with E-state index in [4.69, 9.17) is 5.11 Å². The van der Waals surface area contributed by atoms with Crippen molar-refractivity contribution in [2.75, 3.05) is 5.32 Å². The summed E-state index contributed by atoms with van der Waals surface area (Å²) in [5.74, 6) is -0.864. The molecule has 116 valence electrons. The third-order valence-electron chi connectivity index (χ3n) is 2.91. The molecule has 2 N–H and O–H groups in total. The molecule has 2 aromatic rings. The number of hydrogen-bond acceptors (Lipinski definition) is 4. The Hall–Kier alpha value is -2.64. The molecule has 0 saturated carbocycles. The molecule has 8 heteroatoms. The van der Waals surface area contributed by atoms with Gasteiger partial charge >= 0.3 is 12.1 Å². The molecule has 0 radical (unpaired) electrons. The van der Waals surface area contributed by atoms with E-state index in [2.05, 4.69) is 15.3 Å². The maximum atomic E-state index is 12.7. The minimum atomic E-state index is -4.46. The number of aromatic carboxylic acids is 1. The molecular formula is C14H12F3N3O2. The van der Waals surface area contributed by atoms with Crippen LogP contribution in [0.5, 0.6) is 0 Å². The van der Waals surface area contributed by atoms with E-state index in [0.717, 1.165) is 12.1 Å². The Morgan fingerprint density at radius 2 is 1.91 bits per heavy atom. The molecular weight excluding hydrogens is 299 g/mol. The fourth-order valence-corrected chi connectivity index (χ4v) is 1.87. The molecule has 0 spiro atoms. The van der Waals surface area contributed by atoms with E-state index in [1.165, 1.54) is 26.0 Å². The zero-order chi connectivity index (χ0) is 16.5. The van der Waals surface area contributed by atoms with Crippen molar-refractivity contribution in [1.29, 1.82) is 0 Å². The number of nitrogens with one attached hydrogen (secondary N) is 1. The molecule has 22 heavy (non-hydrogen) atoms. The van der Waals surface area contributed by atoms with Gasteiger partial charge in [-0.1, -0.05) is 6.07 Å². The van der Waals surface area contributed by atoms with Gasteiger partial charge in [0, 0.05) is 11.3 Å². The highest BCUT2D eigenvalue weighted by molar-refractivity contribution is 5.88. The first-order valence-electron chi connectivity index (χ1n) is 6.21. The summed E-state index contributed by atoms with van der Waals surface area (Å²) in [6.07, 6.45) is -4.46. The van der Waals surface area contributed by atoms with Gasteiger partial charge < -0.3 is 10.4 Å². The molecule has 0 aliphatic carbocycles. The number of aryl methyl sites for hydroxylation is 1. The van der Waals surface area contributed by atoms with Gasteiger partial charge in [-0.25, -0.2) is 14.8 Å². The van der Waals surface area contributed by atoms with Crippen molar-refractivity contribution in [3.05, 3.63) is 46.9 Å².